The lowest BCUT2D eigenvalue weighted by molar-refractivity contribution is -0.116. The lowest BCUT2D eigenvalue weighted by atomic mass is 9.96. The Bertz CT molecular complexity index is 506. The molecule has 1 unspecified atom stereocenters. The van der Waals surface area contributed by atoms with Gasteiger partial charge in [-0.25, -0.2) is 9.18 Å². The van der Waals surface area contributed by atoms with Crippen molar-refractivity contribution in [3.63, 3.8) is 0 Å². The van der Waals surface area contributed by atoms with Gasteiger partial charge in [0.25, 0.3) is 0 Å². The highest BCUT2D eigenvalue weighted by atomic mass is 19.1. The Morgan fingerprint density at radius 1 is 1.38 bits per heavy atom. The van der Waals surface area contributed by atoms with E-state index in [1.807, 2.05) is 6.92 Å². The lowest BCUT2D eigenvalue weighted by Crippen LogP contribution is -2.17. The van der Waals surface area contributed by atoms with Gasteiger partial charge < -0.3 is 16.2 Å². The van der Waals surface area contributed by atoms with Gasteiger partial charge in [0.2, 0.25) is 5.91 Å². The molecule has 116 valence electrons. The van der Waals surface area contributed by atoms with Crippen LogP contribution in [0.5, 0.6) is 0 Å². The average Bonchev–Trinajstić information content (AvgIpc) is 2.45. The molecule has 1 atom stereocenters. The van der Waals surface area contributed by atoms with Crippen LogP contribution >= 0.6 is 0 Å². The molecule has 6 heteroatoms. The topological polar surface area (TPSA) is 92.4 Å². The van der Waals surface area contributed by atoms with Gasteiger partial charge in [0.15, 0.2) is 0 Å². The normalized spacial score (nSPS) is 12.0. The first-order chi connectivity index (χ1) is 9.99. The summed E-state index contributed by atoms with van der Waals surface area (Å²) < 4.78 is 13.7. The van der Waals surface area contributed by atoms with Gasteiger partial charge in [-0.3, -0.25) is 4.79 Å². The number of aromatic carboxylic acids is 1. The molecule has 0 saturated heterocycles. The van der Waals surface area contributed by atoms with Crippen LogP contribution in [0.3, 0.4) is 0 Å². The Hall–Kier alpha value is -1.95. The zero-order valence-corrected chi connectivity index (χ0v) is 12.1. The highest BCUT2D eigenvalue weighted by Crippen LogP contribution is 2.21. The molecule has 1 aromatic carbocycles. The van der Waals surface area contributed by atoms with Crippen LogP contribution in [0.15, 0.2) is 18.2 Å². The van der Waals surface area contributed by atoms with E-state index in [0.717, 1.165) is 18.9 Å². The molecule has 1 rings (SSSR count). The van der Waals surface area contributed by atoms with E-state index in [1.54, 1.807) is 0 Å². The molecule has 0 radical (unpaired) electrons. The Morgan fingerprint density at radius 3 is 2.67 bits per heavy atom. The first-order valence-corrected chi connectivity index (χ1v) is 7.01. The van der Waals surface area contributed by atoms with Crippen molar-refractivity contribution in [2.45, 2.75) is 32.6 Å². The highest BCUT2D eigenvalue weighted by Gasteiger charge is 2.17. The van der Waals surface area contributed by atoms with Crippen molar-refractivity contribution in [2.75, 3.05) is 11.9 Å². The van der Waals surface area contributed by atoms with Gasteiger partial charge >= 0.3 is 5.97 Å². The summed E-state index contributed by atoms with van der Waals surface area (Å²) in [5.41, 5.74) is 4.96. The van der Waals surface area contributed by atoms with E-state index in [2.05, 4.69) is 5.32 Å². The summed E-state index contributed by atoms with van der Waals surface area (Å²) in [5, 5.41) is 11.4. The van der Waals surface area contributed by atoms with Gasteiger partial charge in [0.1, 0.15) is 5.82 Å². The van der Waals surface area contributed by atoms with Gasteiger partial charge in [-0.1, -0.05) is 19.4 Å². The molecule has 0 bridgehead atoms. The number of para-hydroxylation sites is 1. The summed E-state index contributed by atoms with van der Waals surface area (Å²) in [6.45, 7) is 2.59. The minimum atomic E-state index is -1.28. The van der Waals surface area contributed by atoms with Gasteiger partial charge in [-0.05, 0) is 37.4 Å². The molecule has 0 aromatic heterocycles. The first-order valence-electron chi connectivity index (χ1n) is 7.01. The number of benzene rings is 1. The number of carbonyl (C=O) groups is 2. The van der Waals surface area contributed by atoms with Gasteiger partial charge in [-0.15, -0.1) is 0 Å². The maximum absolute atomic E-state index is 13.7. The molecular weight excluding hydrogens is 275 g/mol. The monoisotopic (exact) mass is 296 g/mol. The van der Waals surface area contributed by atoms with Gasteiger partial charge in [0, 0.05) is 6.42 Å². The number of amides is 1. The van der Waals surface area contributed by atoms with E-state index in [4.69, 9.17) is 10.8 Å². The maximum Gasteiger partial charge on any atom is 0.337 e. The van der Waals surface area contributed by atoms with Gasteiger partial charge in [0.05, 0.1) is 11.3 Å². The smallest absolute Gasteiger partial charge is 0.337 e. The molecule has 0 heterocycles. The number of carboxylic acids is 1. The molecule has 21 heavy (non-hydrogen) atoms. The standard InChI is InChI=1S/C15H21FN2O3/c1-2-10(8-9-17)6-7-13(19)18-14-11(15(20)21)4-3-5-12(14)16/h3-5,10H,2,6-9,17H2,1H3,(H,18,19)(H,20,21). The van der Waals surface area contributed by atoms with Crippen molar-refractivity contribution in [2.24, 2.45) is 11.7 Å². The molecule has 1 amide bonds. The maximum atomic E-state index is 13.7. The third-order valence-electron chi connectivity index (χ3n) is 3.44. The number of nitrogens with two attached hydrogens (primary N) is 1. The fourth-order valence-electron chi connectivity index (χ4n) is 2.15. The predicted molar refractivity (Wildman–Crippen MR) is 78.7 cm³/mol. The van der Waals surface area contributed by atoms with E-state index in [9.17, 15) is 14.0 Å². The molecule has 0 spiro atoms. The van der Waals surface area contributed by atoms with E-state index in [1.165, 1.54) is 12.1 Å². The number of hydrogen-bond donors (Lipinski definition) is 3. The fourth-order valence-corrected chi connectivity index (χ4v) is 2.15. The molecule has 0 aliphatic carbocycles. The van der Waals surface area contributed by atoms with E-state index in [-0.39, 0.29) is 17.7 Å². The van der Waals surface area contributed by atoms with E-state index in [0.29, 0.717) is 18.9 Å². The van der Waals surface area contributed by atoms with Crippen molar-refractivity contribution in [1.29, 1.82) is 0 Å². The van der Waals surface area contributed by atoms with Crippen molar-refractivity contribution in [1.82, 2.24) is 0 Å². The number of halogens is 1. The molecule has 0 saturated carbocycles. The van der Waals surface area contributed by atoms with Crippen molar-refractivity contribution in [3.8, 4) is 0 Å². The third kappa shape index (κ3) is 5.15. The number of anilines is 1. The minimum absolute atomic E-state index is 0.214. The van der Waals surface area contributed by atoms with Crippen molar-refractivity contribution < 1.29 is 19.1 Å². The first kappa shape index (κ1) is 17.1. The molecular formula is C15H21FN2O3. The highest BCUT2D eigenvalue weighted by molar-refractivity contribution is 6.00. The predicted octanol–water partition coefficient (Wildman–Crippen LogP) is 2.62. The van der Waals surface area contributed by atoms with Crippen LogP contribution in [-0.4, -0.2) is 23.5 Å². The summed E-state index contributed by atoms with van der Waals surface area (Å²) in [6, 6.07) is 3.67. The number of rotatable bonds is 8. The molecule has 0 fully saturated rings. The van der Waals surface area contributed by atoms with Crippen LogP contribution in [0.25, 0.3) is 0 Å². The summed E-state index contributed by atoms with van der Waals surface area (Å²) >= 11 is 0. The van der Waals surface area contributed by atoms with Crippen molar-refractivity contribution in [3.05, 3.63) is 29.6 Å². The van der Waals surface area contributed by atoms with Crippen LogP contribution in [0.2, 0.25) is 0 Å². The molecule has 0 aliphatic rings. The Labute approximate surface area is 123 Å². The Kier molecular flexibility index (Phi) is 6.81. The minimum Gasteiger partial charge on any atom is -0.478 e. The largest absolute Gasteiger partial charge is 0.478 e. The third-order valence-corrected chi connectivity index (χ3v) is 3.44. The second-order valence-electron chi connectivity index (χ2n) is 4.91. The van der Waals surface area contributed by atoms with Crippen LogP contribution in [0.4, 0.5) is 10.1 Å². The zero-order chi connectivity index (χ0) is 15.8. The summed E-state index contributed by atoms with van der Waals surface area (Å²) in [7, 11) is 0. The van der Waals surface area contributed by atoms with Crippen LogP contribution < -0.4 is 11.1 Å². The SMILES string of the molecule is CCC(CCN)CCC(=O)Nc1c(F)cccc1C(=O)O. The molecule has 0 aliphatic heterocycles. The van der Waals surface area contributed by atoms with E-state index >= 15 is 0 Å². The van der Waals surface area contributed by atoms with Crippen molar-refractivity contribution >= 4 is 17.6 Å². The van der Waals surface area contributed by atoms with Crippen LogP contribution in [0.1, 0.15) is 43.0 Å². The summed E-state index contributed by atoms with van der Waals surface area (Å²) in [6.07, 6.45) is 2.62. The number of carboxylic acid groups (broad SMARTS) is 1. The van der Waals surface area contributed by atoms with Crippen LogP contribution in [0, 0.1) is 11.7 Å². The molecule has 1 aromatic rings. The average molecular weight is 296 g/mol. The number of hydrogen-bond acceptors (Lipinski definition) is 3. The number of nitrogens with one attached hydrogen (secondary N) is 1. The quantitative estimate of drug-likeness (QED) is 0.687. The molecule has 5 nitrogen and oxygen atoms in total. The van der Waals surface area contributed by atoms with E-state index < -0.39 is 17.7 Å². The Morgan fingerprint density at radius 2 is 2.10 bits per heavy atom. The second-order valence-corrected chi connectivity index (χ2v) is 4.91. The van der Waals surface area contributed by atoms with Gasteiger partial charge in [-0.2, -0.15) is 0 Å². The van der Waals surface area contributed by atoms with Crippen LogP contribution in [-0.2, 0) is 4.79 Å². The lowest BCUT2D eigenvalue weighted by Gasteiger charge is -2.14. The summed E-state index contributed by atoms with van der Waals surface area (Å²) in [5.74, 6) is -2.07. The zero-order valence-electron chi connectivity index (χ0n) is 12.1. The molecule has 4 N–H and O–H groups in total. The second kappa shape index (κ2) is 8.36. The number of carbonyl (C=O) groups excluding carboxylic acids is 1. The summed E-state index contributed by atoms with van der Waals surface area (Å²) in [4.78, 5) is 22.9. The Balaban J connectivity index is 2.69. The fraction of sp³-hybridized carbons (Fsp3) is 0.467.